The Morgan fingerprint density at radius 1 is 1.29 bits per heavy atom. The molecule has 1 amide bonds. The summed E-state index contributed by atoms with van der Waals surface area (Å²) in [5.41, 5.74) is 6.06. The van der Waals surface area contributed by atoms with Gasteiger partial charge < -0.3 is 16.2 Å². The lowest BCUT2D eigenvalue weighted by molar-refractivity contribution is -0.124. The molecule has 4 heteroatoms. The summed E-state index contributed by atoms with van der Waals surface area (Å²) < 4.78 is 0. The summed E-state index contributed by atoms with van der Waals surface area (Å²) in [6, 6.07) is 6.48. The highest BCUT2D eigenvalue weighted by atomic mass is 16.3. The predicted octanol–water partition coefficient (Wildman–Crippen LogP) is 1.85. The van der Waals surface area contributed by atoms with Crippen molar-refractivity contribution in [2.75, 3.05) is 11.9 Å². The van der Waals surface area contributed by atoms with Crippen LogP contribution in [0.4, 0.5) is 5.69 Å². The van der Waals surface area contributed by atoms with Gasteiger partial charge in [0, 0.05) is 12.2 Å². The average molecular weight is 234 g/mol. The van der Waals surface area contributed by atoms with Crippen molar-refractivity contribution in [1.82, 2.24) is 0 Å². The number of aromatic hydroxyl groups is 1. The third-order valence-corrected chi connectivity index (χ3v) is 3.56. The lowest BCUT2D eigenvalue weighted by atomic mass is 9.85. The normalized spacial score (nSPS) is 17.9. The first kappa shape index (κ1) is 11.9. The molecule has 4 nitrogen and oxygen atoms in total. The molecule has 1 fully saturated rings. The average Bonchev–Trinajstić information content (AvgIpc) is 2.82. The zero-order chi connectivity index (χ0) is 12.3. The summed E-state index contributed by atoms with van der Waals surface area (Å²) in [6.45, 7) is 0.400. The Hall–Kier alpha value is -1.55. The van der Waals surface area contributed by atoms with Crippen LogP contribution in [0.1, 0.15) is 25.7 Å². The molecular formula is C13H18N2O2. The van der Waals surface area contributed by atoms with Crippen molar-refractivity contribution in [1.29, 1.82) is 0 Å². The maximum Gasteiger partial charge on any atom is 0.231 e. The molecule has 0 heterocycles. The van der Waals surface area contributed by atoms with Crippen molar-refractivity contribution in [2.24, 2.45) is 11.1 Å². The summed E-state index contributed by atoms with van der Waals surface area (Å²) in [5.74, 6) is 0.195. The number of carbonyl (C=O) groups is 1. The molecule has 1 aromatic carbocycles. The maximum absolute atomic E-state index is 12.2. The Morgan fingerprint density at radius 2 is 1.88 bits per heavy atom. The highest BCUT2D eigenvalue weighted by molar-refractivity contribution is 5.95. The molecule has 0 atom stereocenters. The quantitative estimate of drug-likeness (QED) is 0.699. The lowest BCUT2D eigenvalue weighted by Gasteiger charge is -2.25. The van der Waals surface area contributed by atoms with Crippen LogP contribution in [0, 0.1) is 5.41 Å². The topological polar surface area (TPSA) is 75.4 Å². The Morgan fingerprint density at radius 3 is 2.41 bits per heavy atom. The maximum atomic E-state index is 12.2. The minimum atomic E-state index is -0.391. The minimum Gasteiger partial charge on any atom is -0.508 e. The van der Waals surface area contributed by atoms with Crippen LogP contribution in [0.5, 0.6) is 5.75 Å². The molecule has 92 valence electrons. The Labute approximate surface area is 101 Å². The highest BCUT2D eigenvalue weighted by Gasteiger charge is 2.39. The first-order valence-corrected chi connectivity index (χ1v) is 5.97. The van der Waals surface area contributed by atoms with Gasteiger partial charge in [0.1, 0.15) is 5.75 Å². The van der Waals surface area contributed by atoms with Gasteiger partial charge in [-0.2, -0.15) is 0 Å². The molecule has 2 rings (SSSR count). The number of phenols is 1. The molecule has 0 unspecified atom stereocenters. The summed E-state index contributed by atoms with van der Waals surface area (Å²) in [7, 11) is 0. The van der Waals surface area contributed by atoms with Crippen LogP contribution >= 0.6 is 0 Å². The van der Waals surface area contributed by atoms with Crippen LogP contribution in [-0.4, -0.2) is 17.6 Å². The van der Waals surface area contributed by atoms with E-state index >= 15 is 0 Å². The molecule has 0 saturated heterocycles. The van der Waals surface area contributed by atoms with Crippen molar-refractivity contribution >= 4 is 11.6 Å². The smallest absolute Gasteiger partial charge is 0.231 e. The highest BCUT2D eigenvalue weighted by Crippen LogP contribution is 2.38. The van der Waals surface area contributed by atoms with Gasteiger partial charge in [-0.15, -0.1) is 0 Å². The van der Waals surface area contributed by atoms with Crippen molar-refractivity contribution in [3.8, 4) is 5.75 Å². The predicted molar refractivity (Wildman–Crippen MR) is 66.7 cm³/mol. The second-order valence-corrected chi connectivity index (χ2v) is 4.69. The Kier molecular flexibility index (Phi) is 3.33. The van der Waals surface area contributed by atoms with E-state index in [1.807, 2.05) is 0 Å². The van der Waals surface area contributed by atoms with Crippen LogP contribution < -0.4 is 11.1 Å². The number of carbonyl (C=O) groups excluding carboxylic acids is 1. The van der Waals surface area contributed by atoms with E-state index in [0.29, 0.717) is 12.2 Å². The number of hydrogen-bond acceptors (Lipinski definition) is 3. The van der Waals surface area contributed by atoms with Gasteiger partial charge in [0.25, 0.3) is 0 Å². The molecular weight excluding hydrogens is 216 g/mol. The zero-order valence-electron chi connectivity index (χ0n) is 9.78. The lowest BCUT2D eigenvalue weighted by Crippen LogP contribution is -2.40. The summed E-state index contributed by atoms with van der Waals surface area (Å²) in [4.78, 5) is 12.2. The first-order valence-electron chi connectivity index (χ1n) is 5.97. The minimum absolute atomic E-state index is 0.00295. The summed E-state index contributed by atoms with van der Waals surface area (Å²) >= 11 is 0. The number of phenolic OH excluding ortho intramolecular Hbond substituents is 1. The van der Waals surface area contributed by atoms with Crippen molar-refractivity contribution in [2.45, 2.75) is 25.7 Å². The monoisotopic (exact) mass is 234 g/mol. The van der Waals surface area contributed by atoms with Crippen molar-refractivity contribution in [3.05, 3.63) is 24.3 Å². The first-order chi connectivity index (χ1) is 8.16. The molecule has 1 saturated carbocycles. The Bertz CT molecular complexity index is 394. The van der Waals surface area contributed by atoms with E-state index in [4.69, 9.17) is 10.8 Å². The fourth-order valence-electron chi connectivity index (χ4n) is 2.38. The molecule has 1 aromatic rings. The van der Waals surface area contributed by atoms with E-state index in [1.54, 1.807) is 24.3 Å². The zero-order valence-corrected chi connectivity index (χ0v) is 9.78. The number of hydrogen-bond donors (Lipinski definition) is 3. The fraction of sp³-hybridized carbons (Fsp3) is 0.462. The standard InChI is InChI=1S/C13H18N2O2/c14-9-13(7-1-2-8-13)12(17)15-10-3-5-11(16)6-4-10/h3-6,16H,1-2,7-9,14H2,(H,15,17). The van der Waals surface area contributed by atoms with Gasteiger partial charge in [0.05, 0.1) is 5.41 Å². The van der Waals surface area contributed by atoms with E-state index in [9.17, 15) is 4.79 Å². The van der Waals surface area contributed by atoms with Crippen LogP contribution in [0.2, 0.25) is 0 Å². The van der Waals surface area contributed by atoms with Crippen LogP contribution in [0.3, 0.4) is 0 Å². The van der Waals surface area contributed by atoms with Crippen LogP contribution in [0.25, 0.3) is 0 Å². The molecule has 0 aromatic heterocycles. The SMILES string of the molecule is NCC1(C(=O)Nc2ccc(O)cc2)CCCC1. The van der Waals surface area contributed by atoms with Gasteiger partial charge in [0.15, 0.2) is 0 Å². The van der Waals surface area contributed by atoms with Gasteiger partial charge in [-0.05, 0) is 37.1 Å². The molecule has 0 bridgehead atoms. The molecule has 4 N–H and O–H groups in total. The second kappa shape index (κ2) is 4.75. The number of anilines is 1. The van der Waals surface area contributed by atoms with Gasteiger partial charge in [-0.3, -0.25) is 4.79 Å². The van der Waals surface area contributed by atoms with E-state index in [1.165, 1.54) is 0 Å². The number of nitrogens with one attached hydrogen (secondary N) is 1. The van der Waals surface area contributed by atoms with E-state index in [2.05, 4.69) is 5.32 Å². The molecule has 1 aliphatic carbocycles. The summed E-state index contributed by atoms with van der Waals surface area (Å²) in [6.07, 6.45) is 3.88. The third-order valence-electron chi connectivity index (χ3n) is 3.56. The number of benzene rings is 1. The van der Waals surface area contributed by atoms with E-state index < -0.39 is 5.41 Å². The number of nitrogens with two attached hydrogens (primary N) is 1. The summed E-state index contributed by atoms with van der Waals surface area (Å²) in [5, 5.41) is 12.0. The van der Waals surface area contributed by atoms with Crippen LogP contribution in [-0.2, 0) is 4.79 Å². The molecule has 0 spiro atoms. The molecule has 1 aliphatic rings. The van der Waals surface area contributed by atoms with Gasteiger partial charge in [-0.25, -0.2) is 0 Å². The molecule has 0 aliphatic heterocycles. The number of rotatable bonds is 3. The Balaban J connectivity index is 2.08. The van der Waals surface area contributed by atoms with E-state index in [0.717, 1.165) is 25.7 Å². The van der Waals surface area contributed by atoms with Gasteiger partial charge in [0.2, 0.25) is 5.91 Å². The molecule has 17 heavy (non-hydrogen) atoms. The third kappa shape index (κ3) is 2.42. The van der Waals surface area contributed by atoms with Gasteiger partial charge >= 0.3 is 0 Å². The molecule has 0 radical (unpaired) electrons. The number of amides is 1. The van der Waals surface area contributed by atoms with Crippen LogP contribution in [0.15, 0.2) is 24.3 Å². The van der Waals surface area contributed by atoms with Gasteiger partial charge in [-0.1, -0.05) is 12.8 Å². The van der Waals surface area contributed by atoms with Crippen molar-refractivity contribution in [3.63, 3.8) is 0 Å². The largest absolute Gasteiger partial charge is 0.508 e. The van der Waals surface area contributed by atoms with E-state index in [-0.39, 0.29) is 11.7 Å². The van der Waals surface area contributed by atoms with Crippen molar-refractivity contribution < 1.29 is 9.90 Å². The fourth-order valence-corrected chi connectivity index (χ4v) is 2.38. The second-order valence-electron chi connectivity index (χ2n) is 4.69.